The topological polar surface area (TPSA) is 74.8 Å². The molecule has 0 N–H and O–H groups in total. The Morgan fingerprint density at radius 1 is 0.962 bits per heavy atom. The van der Waals surface area contributed by atoms with Crippen LogP contribution in [-0.2, 0) is 26.5 Å². The highest BCUT2D eigenvalue weighted by Crippen LogP contribution is 2.35. The number of benzene rings is 2. The monoisotopic (exact) mass is 394 g/mol. The van der Waals surface area contributed by atoms with Crippen molar-refractivity contribution in [1.82, 2.24) is 4.31 Å². The Morgan fingerprint density at radius 2 is 1.62 bits per heavy atom. The van der Waals surface area contributed by atoms with E-state index in [2.05, 4.69) is 0 Å². The van der Waals surface area contributed by atoms with Crippen molar-refractivity contribution in [2.24, 2.45) is 0 Å². The third kappa shape index (κ3) is 3.13. The Hall–Kier alpha value is -1.90. The molecule has 0 amide bonds. The van der Waals surface area contributed by atoms with Gasteiger partial charge in [0.2, 0.25) is 10.0 Å². The molecule has 2 aromatic carbocycles. The molecule has 0 saturated heterocycles. The average Bonchev–Trinajstić information content (AvgIpc) is 2.61. The van der Waals surface area contributed by atoms with Gasteiger partial charge >= 0.3 is 0 Å². The van der Waals surface area contributed by atoms with Crippen molar-refractivity contribution in [3.05, 3.63) is 54.1 Å². The van der Waals surface area contributed by atoms with E-state index >= 15 is 0 Å². The number of hydrogen-bond donors (Lipinski definition) is 0. The summed E-state index contributed by atoms with van der Waals surface area (Å²) in [6.45, 7) is 1.87. The maximum atomic E-state index is 13.3. The second-order valence-corrected chi connectivity index (χ2v) is 10.5. The lowest BCUT2D eigenvalue weighted by Crippen LogP contribution is -2.42. The molecule has 1 heterocycles. The van der Waals surface area contributed by atoms with Gasteiger partial charge in [0.15, 0.2) is 0 Å². The van der Waals surface area contributed by atoms with Crippen LogP contribution >= 0.6 is 0 Å². The summed E-state index contributed by atoms with van der Waals surface area (Å²) in [5.41, 5.74) is 1.64. The van der Waals surface area contributed by atoms with Gasteiger partial charge in [-0.3, -0.25) is 4.31 Å². The quantitative estimate of drug-likeness (QED) is 0.798. The van der Waals surface area contributed by atoms with Gasteiger partial charge in [0, 0.05) is 20.1 Å². The van der Waals surface area contributed by atoms with E-state index in [1.165, 1.54) is 42.7 Å². The van der Waals surface area contributed by atoms with E-state index in [9.17, 15) is 16.8 Å². The van der Waals surface area contributed by atoms with E-state index < -0.39 is 20.0 Å². The van der Waals surface area contributed by atoms with Gasteiger partial charge in [-0.05, 0) is 49.6 Å². The van der Waals surface area contributed by atoms with Crippen molar-refractivity contribution in [1.29, 1.82) is 0 Å². The van der Waals surface area contributed by atoms with Crippen LogP contribution in [0.2, 0.25) is 0 Å². The van der Waals surface area contributed by atoms with Crippen molar-refractivity contribution in [3.8, 4) is 0 Å². The van der Waals surface area contributed by atoms with Gasteiger partial charge in [-0.25, -0.2) is 21.1 Å². The van der Waals surface area contributed by atoms with Crippen LogP contribution in [0.1, 0.15) is 18.9 Å². The number of nitrogens with zero attached hydrogens (tertiary/aromatic N) is 2. The lowest BCUT2D eigenvalue weighted by Gasteiger charge is -2.36. The normalized spacial score (nSPS) is 18.0. The van der Waals surface area contributed by atoms with E-state index in [-0.39, 0.29) is 15.8 Å². The molecular weight excluding hydrogens is 372 g/mol. The molecule has 8 heteroatoms. The van der Waals surface area contributed by atoms with Crippen LogP contribution in [0.15, 0.2) is 58.3 Å². The molecule has 1 aliphatic rings. The molecule has 0 saturated carbocycles. The van der Waals surface area contributed by atoms with Crippen LogP contribution in [0.25, 0.3) is 0 Å². The number of para-hydroxylation sites is 1. The Balaban J connectivity index is 2.13. The highest BCUT2D eigenvalue weighted by Gasteiger charge is 2.34. The van der Waals surface area contributed by atoms with Crippen LogP contribution in [-0.4, -0.2) is 41.3 Å². The second-order valence-electron chi connectivity index (χ2n) is 6.58. The predicted molar refractivity (Wildman–Crippen MR) is 101 cm³/mol. The molecule has 1 atom stereocenters. The molecule has 1 aliphatic heterocycles. The minimum absolute atomic E-state index is 0.0241. The van der Waals surface area contributed by atoms with Crippen LogP contribution in [0.5, 0.6) is 0 Å². The molecular formula is C18H22N2O4S2. The van der Waals surface area contributed by atoms with Crippen LogP contribution in [0.3, 0.4) is 0 Å². The largest absolute Gasteiger partial charge is 0.264 e. The second kappa shape index (κ2) is 6.68. The molecule has 140 valence electrons. The third-order valence-corrected chi connectivity index (χ3v) is 8.34. The highest BCUT2D eigenvalue weighted by molar-refractivity contribution is 7.93. The molecule has 0 aliphatic carbocycles. The molecule has 3 rings (SSSR count). The highest BCUT2D eigenvalue weighted by atomic mass is 32.2. The Bertz CT molecular complexity index is 1030. The fraction of sp³-hybridized carbons (Fsp3) is 0.333. The van der Waals surface area contributed by atoms with Gasteiger partial charge in [-0.1, -0.05) is 24.3 Å². The molecule has 0 aromatic heterocycles. The number of hydrogen-bond acceptors (Lipinski definition) is 4. The third-order valence-electron chi connectivity index (χ3n) is 4.60. The van der Waals surface area contributed by atoms with E-state index in [0.29, 0.717) is 12.1 Å². The van der Waals surface area contributed by atoms with E-state index in [0.717, 1.165) is 16.3 Å². The van der Waals surface area contributed by atoms with Gasteiger partial charge in [0.25, 0.3) is 10.0 Å². The number of sulfonamides is 2. The molecule has 1 unspecified atom stereocenters. The van der Waals surface area contributed by atoms with Gasteiger partial charge in [0.05, 0.1) is 15.5 Å². The fourth-order valence-corrected chi connectivity index (χ4v) is 5.93. The standard InChI is InChI=1S/C18H22N2O4S2/c1-14-11-12-15-7-4-5-10-18(15)20(14)26(23,24)17-9-6-8-16(13-17)25(21,22)19(2)3/h4-10,13-14H,11-12H2,1-3H3. The number of fused-ring (bicyclic) bond motifs is 1. The molecule has 0 spiro atoms. The SMILES string of the molecule is CC1CCc2ccccc2N1S(=O)(=O)c1cccc(S(=O)(=O)N(C)C)c1. The fourth-order valence-electron chi connectivity index (χ4n) is 3.14. The lowest BCUT2D eigenvalue weighted by molar-refractivity contribution is 0.520. The van der Waals surface area contributed by atoms with Gasteiger partial charge in [0.1, 0.15) is 0 Å². The summed E-state index contributed by atoms with van der Waals surface area (Å²) in [5, 5.41) is 0. The molecule has 0 radical (unpaired) electrons. The number of anilines is 1. The molecule has 0 fully saturated rings. The van der Waals surface area contributed by atoms with E-state index in [1.54, 1.807) is 6.07 Å². The predicted octanol–water partition coefficient (Wildman–Crippen LogP) is 2.47. The average molecular weight is 395 g/mol. The van der Waals surface area contributed by atoms with Gasteiger partial charge < -0.3 is 0 Å². The molecule has 2 aromatic rings. The summed E-state index contributed by atoms with van der Waals surface area (Å²) in [5.74, 6) is 0. The van der Waals surface area contributed by atoms with Crippen molar-refractivity contribution >= 4 is 25.7 Å². The Morgan fingerprint density at radius 3 is 2.31 bits per heavy atom. The van der Waals surface area contributed by atoms with Crippen molar-refractivity contribution in [2.45, 2.75) is 35.6 Å². The first kappa shape index (κ1) is 18.9. The smallest absolute Gasteiger partial charge is 0.263 e. The van der Waals surface area contributed by atoms with Crippen molar-refractivity contribution in [2.75, 3.05) is 18.4 Å². The number of rotatable bonds is 4. The zero-order valence-corrected chi connectivity index (χ0v) is 16.6. The summed E-state index contributed by atoms with van der Waals surface area (Å²) < 4.78 is 53.9. The van der Waals surface area contributed by atoms with E-state index in [1.807, 2.05) is 25.1 Å². The van der Waals surface area contributed by atoms with Gasteiger partial charge in [-0.2, -0.15) is 0 Å². The summed E-state index contributed by atoms with van der Waals surface area (Å²) >= 11 is 0. The van der Waals surface area contributed by atoms with Crippen molar-refractivity contribution < 1.29 is 16.8 Å². The molecule has 6 nitrogen and oxygen atoms in total. The van der Waals surface area contributed by atoms with Crippen LogP contribution in [0.4, 0.5) is 5.69 Å². The zero-order chi connectivity index (χ0) is 19.1. The molecule has 26 heavy (non-hydrogen) atoms. The first-order chi connectivity index (χ1) is 12.2. The summed E-state index contributed by atoms with van der Waals surface area (Å²) in [6.07, 6.45) is 1.53. The minimum atomic E-state index is -3.88. The minimum Gasteiger partial charge on any atom is -0.263 e. The summed E-state index contributed by atoms with van der Waals surface area (Å²) in [6, 6.07) is 12.8. The first-order valence-electron chi connectivity index (χ1n) is 8.30. The van der Waals surface area contributed by atoms with Gasteiger partial charge in [-0.15, -0.1) is 0 Å². The van der Waals surface area contributed by atoms with E-state index in [4.69, 9.17) is 0 Å². The van der Waals surface area contributed by atoms with Crippen molar-refractivity contribution in [3.63, 3.8) is 0 Å². The summed E-state index contributed by atoms with van der Waals surface area (Å²) in [4.78, 5) is -0.0644. The Kier molecular flexibility index (Phi) is 4.85. The lowest BCUT2D eigenvalue weighted by atomic mass is 9.99. The first-order valence-corrected chi connectivity index (χ1v) is 11.2. The maximum absolute atomic E-state index is 13.3. The van der Waals surface area contributed by atoms with Crippen LogP contribution in [0, 0.1) is 0 Å². The zero-order valence-electron chi connectivity index (χ0n) is 15.0. The summed E-state index contributed by atoms with van der Waals surface area (Å²) in [7, 11) is -4.76. The van der Waals surface area contributed by atoms with Crippen LogP contribution < -0.4 is 4.31 Å². The molecule has 0 bridgehead atoms. The number of aryl methyl sites for hydroxylation is 1. The Labute approximate surface area is 155 Å². The maximum Gasteiger partial charge on any atom is 0.264 e.